The molecular weight excluding hydrogens is 356 g/mol. The number of carbonyl (C=O) groups excluding carboxylic acids is 3. The van der Waals surface area contributed by atoms with Crippen molar-refractivity contribution in [3.05, 3.63) is 65.2 Å². The van der Waals surface area contributed by atoms with Crippen molar-refractivity contribution in [3.63, 3.8) is 0 Å². The smallest absolute Gasteiger partial charge is 0.307 e. The highest BCUT2D eigenvalue weighted by molar-refractivity contribution is 5.98. The van der Waals surface area contributed by atoms with E-state index >= 15 is 0 Å². The number of ketones is 1. The van der Waals surface area contributed by atoms with E-state index in [1.807, 2.05) is 6.92 Å². The van der Waals surface area contributed by atoms with Crippen LogP contribution in [-0.4, -0.2) is 23.8 Å². The maximum absolute atomic E-state index is 13.5. The Bertz CT molecular complexity index is 850. The number of benzene rings is 2. The number of halogens is 2. The Labute approximate surface area is 155 Å². The second-order valence-corrected chi connectivity index (χ2v) is 6.03. The van der Waals surface area contributed by atoms with Gasteiger partial charge in [0, 0.05) is 18.1 Å². The van der Waals surface area contributed by atoms with Crippen LogP contribution in [0.3, 0.4) is 0 Å². The van der Waals surface area contributed by atoms with Crippen molar-refractivity contribution in [1.29, 1.82) is 0 Å². The van der Waals surface area contributed by atoms with Gasteiger partial charge in [-0.2, -0.15) is 0 Å². The highest BCUT2D eigenvalue weighted by Crippen LogP contribution is 2.16. The first-order chi connectivity index (χ1) is 12.8. The summed E-state index contributed by atoms with van der Waals surface area (Å²) in [5, 5.41) is 2.15. The summed E-state index contributed by atoms with van der Waals surface area (Å²) in [6.07, 6.45) is -1.48. The van der Waals surface area contributed by atoms with Crippen molar-refractivity contribution in [2.45, 2.75) is 32.8 Å². The van der Waals surface area contributed by atoms with E-state index in [1.165, 1.54) is 6.92 Å². The number of anilines is 1. The maximum atomic E-state index is 13.5. The molecule has 0 heterocycles. The summed E-state index contributed by atoms with van der Waals surface area (Å²) in [7, 11) is 0. The minimum atomic E-state index is -1.23. The van der Waals surface area contributed by atoms with E-state index in [4.69, 9.17) is 4.74 Å². The summed E-state index contributed by atoms with van der Waals surface area (Å²) in [6.45, 7) is 3.19. The van der Waals surface area contributed by atoms with E-state index in [1.54, 1.807) is 24.3 Å². The zero-order valence-electron chi connectivity index (χ0n) is 14.9. The largest absolute Gasteiger partial charge is 0.453 e. The Morgan fingerprint density at radius 1 is 1.04 bits per heavy atom. The Hall–Kier alpha value is -3.09. The highest BCUT2D eigenvalue weighted by Gasteiger charge is 2.20. The number of hydrogen-bond acceptors (Lipinski definition) is 4. The molecule has 0 fully saturated rings. The lowest BCUT2D eigenvalue weighted by Crippen LogP contribution is -2.30. The molecule has 0 unspecified atom stereocenters. The van der Waals surface area contributed by atoms with Crippen LogP contribution in [0.15, 0.2) is 42.5 Å². The summed E-state index contributed by atoms with van der Waals surface area (Å²) >= 11 is 0. The molecule has 0 bridgehead atoms. The third-order valence-electron chi connectivity index (χ3n) is 3.79. The van der Waals surface area contributed by atoms with Crippen molar-refractivity contribution in [2.75, 3.05) is 5.32 Å². The molecule has 1 amide bonds. The molecule has 27 heavy (non-hydrogen) atoms. The van der Waals surface area contributed by atoms with Gasteiger partial charge in [0.05, 0.1) is 12.1 Å². The number of rotatable bonds is 7. The molecular formula is C20H19F2NO4. The van der Waals surface area contributed by atoms with Gasteiger partial charge < -0.3 is 10.1 Å². The number of amides is 1. The van der Waals surface area contributed by atoms with Crippen LogP contribution < -0.4 is 5.32 Å². The molecule has 2 aromatic rings. The molecule has 0 radical (unpaired) electrons. The molecule has 0 spiro atoms. The topological polar surface area (TPSA) is 72.5 Å². The third kappa shape index (κ3) is 5.99. The third-order valence-corrected chi connectivity index (χ3v) is 3.79. The van der Waals surface area contributed by atoms with Crippen LogP contribution in [0.5, 0.6) is 0 Å². The monoisotopic (exact) mass is 375 g/mol. The minimum Gasteiger partial charge on any atom is -0.453 e. The van der Waals surface area contributed by atoms with E-state index in [-0.39, 0.29) is 24.3 Å². The second-order valence-electron chi connectivity index (χ2n) is 6.03. The van der Waals surface area contributed by atoms with Crippen LogP contribution in [0.25, 0.3) is 0 Å². The van der Waals surface area contributed by atoms with Crippen LogP contribution in [0.2, 0.25) is 0 Å². The highest BCUT2D eigenvalue weighted by atomic mass is 19.1. The molecule has 0 saturated heterocycles. The van der Waals surface area contributed by atoms with Crippen molar-refractivity contribution < 1.29 is 27.9 Å². The summed E-state index contributed by atoms with van der Waals surface area (Å²) < 4.78 is 31.6. The van der Waals surface area contributed by atoms with Gasteiger partial charge in [-0.1, -0.05) is 29.8 Å². The standard InChI is InChI=1S/C20H19F2NO4/c1-12-3-5-14(6-4-12)18(24)9-10-19(25)27-13(2)20(26)23-17-11-15(21)7-8-16(17)22/h3-8,11,13H,9-10H2,1-2H3,(H,23,26)/t13-/m0/s1. The molecule has 2 rings (SSSR count). The minimum absolute atomic E-state index is 0.0608. The molecule has 5 nitrogen and oxygen atoms in total. The van der Waals surface area contributed by atoms with Crippen LogP contribution in [0, 0.1) is 18.6 Å². The van der Waals surface area contributed by atoms with Gasteiger partial charge in [0.1, 0.15) is 11.6 Å². The van der Waals surface area contributed by atoms with Crippen LogP contribution in [0.4, 0.5) is 14.5 Å². The number of hydrogen-bond donors (Lipinski definition) is 1. The van der Waals surface area contributed by atoms with Gasteiger partial charge in [-0.15, -0.1) is 0 Å². The number of nitrogens with one attached hydrogen (secondary N) is 1. The van der Waals surface area contributed by atoms with Crippen molar-refractivity contribution >= 4 is 23.3 Å². The molecule has 0 aromatic heterocycles. The molecule has 0 aliphatic carbocycles. The molecule has 142 valence electrons. The second kappa shape index (κ2) is 9.02. The van der Waals surface area contributed by atoms with Gasteiger partial charge in [0.15, 0.2) is 11.9 Å². The summed E-state index contributed by atoms with van der Waals surface area (Å²) in [4.78, 5) is 35.8. The van der Waals surface area contributed by atoms with Gasteiger partial charge in [-0.25, -0.2) is 8.78 Å². The molecule has 1 N–H and O–H groups in total. The van der Waals surface area contributed by atoms with Gasteiger partial charge in [-0.3, -0.25) is 14.4 Å². The number of esters is 1. The summed E-state index contributed by atoms with van der Waals surface area (Å²) in [5.41, 5.74) is 1.15. The molecule has 7 heteroatoms. The van der Waals surface area contributed by atoms with E-state index < -0.39 is 29.6 Å². The average molecular weight is 375 g/mol. The zero-order valence-corrected chi connectivity index (χ0v) is 14.9. The SMILES string of the molecule is Cc1ccc(C(=O)CCC(=O)O[C@@H](C)C(=O)Nc2cc(F)ccc2F)cc1. The lowest BCUT2D eigenvalue weighted by molar-refractivity contribution is -0.153. The van der Waals surface area contributed by atoms with Gasteiger partial charge in [0.2, 0.25) is 0 Å². The molecule has 0 aliphatic heterocycles. The van der Waals surface area contributed by atoms with E-state index in [2.05, 4.69) is 5.32 Å². The number of Topliss-reactive ketones (excluding diaryl/α,β-unsaturated/α-hetero) is 1. The predicted octanol–water partition coefficient (Wildman–Crippen LogP) is 3.81. The van der Waals surface area contributed by atoms with Crippen molar-refractivity contribution in [1.82, 2.24) is 0 Å². The van der Waals surface area contributed by atoms with Crippen molar-refractivity contribution in [3.8, 4) is 0 Å². The quantitative estimate of drug-likeness (QED) is 0.590. The van der Waals surface area contributed by atoms with E-state index in [0.717, 1.165) is 23.8 Å². The molecule has 0 saturated carbocycles. The Morgan fingerprint density at radius 2 is 1.70 bits per heavy atom. The predicted molar refractivity (Wildman–Crippen MR) is 95.3 cm³/mol. The molecule has 1 atom stereocenters. The fourth-order valence-electron chi connectivity index (χ4n) is 2.24. The fraction of sp³-hybridized carbons (Fsp3) is 0.250. The fourth-order valence-corrected chi connectivity index (χ4v) is 2.24. The van der Waals surface area contributed by atoms with Crippen LogP contribution in [0.1, 0.15) is 35.7 Å². The first-order valence-electron chi connectivity index (χ1n) is 8.31. The Morgan fingerprint density at radius 3 is 2.37 bits per heavy atom. The maximum Gasteiger partial charge on any atom is 0.307 e. The summed E-state index contributed by atoms with van der Waals surface area (Å²) in [6, 6.07) is 9.55. The van der Waals surface area contributed by atoms with Gasteiger partial charge >= 0.3 is 5.97 Å². The summed E-state index contributed by atoms with van der Waals surface area (Å²) in [5.74, 6) is -3.29. The average Bonchev–Trinajstić information content (AvgIpc) is 2.63. The van der Waals surface area contributed by atoms with Crippen molar-refractivity contribution in [2.24, 2.45) is 0 Å². The number of aryl methyl sites for hydroxylation is 1. The lowest BCUT2D eigenvalue weighted by atomic mass is 10.1. The van der Waals surface area contributed by atoms with Gasteiger partial charge in [-0.05, 0) is 26.0 Å². The van der Waals surface area contributed by atoms with Gasteiger partial charge in [0.25, 0.3) is 5.91 Å². The van der Waals surface area contributed by atoms with E-state index in [9.17, 15) is 23.2 Å². The lowest BCUT2D eigenvalue weighted by Gasteiger charge is -2.14. The first kappa shape index (κ1) is 20.2. The van der Waals surface area contributed by atoms with Crippen LogP contribution >= 0.6 is 0 Å². The molecule has 0 aliphatic rings. The number of carbonyl (C=O) groups is 3. The molecule has 2 aromatic carbocycles. The Kier molecular flexibility index (Phi) is 6.76. The number of ether oxygens (including phenoxy) is 1. The Balaban J connectivity index is 1.83. The van der Waals surface area contributed by atoms with E-state index in [0.29, 0.717) is 5.56 Å². The first-order valence-corrected chi connectivity index (χ1v) is 8.31. The van der Waals surface area contributed by atoms with Crippen LogP contribution in [-0.2, 0) is 14.3 Å². The normalized spacial score (nSPS) is 11.6. The zero-order chi connectivity index (χ0) is 20.0.